The second-order valence-electron chi connectivity index (χ2n) is 5.23. The number of rotatable bonds is 8. The molecule has 114 valence electrons. The predicted molar refractivity (Wildman–Crippen MR) is 89.4 cm³/mol. The van der Waals surface area contributed by atoms with Crippen molar-refractivity contribution in [2.75, 3.05) is 22.2 Å². The summed E-state index contributed by atoms with van der Waals surface area (Å²) in [7, 11) is 0. The maximum absolute atomic E-state index is 5.55. The minimum atomic E-state index is 0.272. The van der Waals surface area contributed by atoms with Crippen LogP contribution in [0.1, 0.15) is 51.4 Å². The second-order valence-corrected chi connectivity index (χ2v) is 6.63. The number of nitrogens with zero attached hydrogens (tertiary/aromatic N) is 2. The van der Waals surface area contributed by atoms with Crippen LogP contribution in [0.15, 0.2) is 0 Å². The van der Waals surface area contributed by atoms with E-state index in [1.165, 1.54) is 0 Å². The fourth-order valence-corrected chi connectivity index (χ4v) is 2.59. The van der Waals surface area contributed by atoms with E-state index in [2.05, 4.69) is 48.4 Å². The van der Waals surface area contributed by atoms with Crippen LogP contribution in [0.3, 0.4) is 0 Å². The van der Waals surface area contributed by atoms with Crippen molar-refractivity contribution < 1.29 is 0 Å². The van der Waals surface area contributed by atoms with Crippen LogP contribution in [0.25, 0.3) is 0 Å². The number of thioether (sulfide) groups is 1. The molecule has 0 fully saturated rings. The van der Waals surface area contributed by atoms with Gasteiger partial charge < -0.3 is 10.7 Å². The highest BCUT2D eigenvalue weighted by atomic mass is 32.2. The van der Waals surface area contributed by atoms with E-state index in [1.54, 1.807) is 0 Å². The van der Waals surface area contributed by atoms with E-state index in [0.717, 1.165) is 35.1 Å². The van der Waals surface area contributed by atoms with Crippen LogP contribution >= 0.6 is 11.8 Å². The zero-order valence-corrected chi connectivity index (χ0v) is 14.0. The van der Waals surface area contributed by atoms with Gasteiger partial charge in [0.05, 0.1) is 0 Å². The van der Waals surface area contributed by atoms with Gasteiger partial charge in [-0.25, -0.2) is 15.8 Å². The molecule has 5 nitrogen and oxygen atoms in total. The van der Waals surface area contributed by atoms with Gasteiger partial charge >= 0.3 is 0 Å². The van der Waals surface area contributed by atoms with Crippen molar-refractivity contribution in [1.82, 2.24) is 9.97 Å². The second kappa shape index (κ2) is 8.32. The van der Waals surface area contributed by atoms with Crippen molar-refractivity contribution in [2.24, 2.45) is 5.84 Å². The molecule has 1 aromatic heterocycles. The lowest BCUT2D eigenvalue weighted by atomic mass is 10.2. The topological polar surface area (TPSA) is 75.9 Å². The Hall–Kier alpha value is -1.01. The normalized spacial score (nSPS) is 12.6. The molecular weight excluding hydrogens is 270 g/mol. The average molecular weight is 297 g/mol. The lowest BCUT2D eigenvalue weighted by molar-refractivity contribution is 0.743. The SMILES string of the molecule is CCSCCC(C)Nc1nc(C(C)C)nc(NN)c1C. The van der Waals surface area contributed by atoms with Gasteiger partial charge in [0.1, 0.15) is 17.5 Å². The number of hydrogen-bond acceptors (Lipinski definition) is 6. The summed E-state index contributed by atoms with van der Waals surface area (Å²) in [6.45, 7) is 10.5. The molecule has 0 aliphatic carbocycles. The van der Waals surface area contributed by atoms with E-state index in [0.29, 0.717) is 11.9 Å². The van der Waals surface area contributed by atoms with Crippen LogP contribution < -0.4 is 16.6 Å². The molecule has 0 radical (unpaired) electrons. The smallest absolute Gasteiger partial charge is 0.148 e. The Morgan fingerprint density at radius 1 is 1.20 bits per heavy atom. The zero-order valence-electron chi connectivity index (χ0n) is 13.2. The molecule has 0 saturated heterocycles. The number of anilines is 2. The molecule has 1 atom stereocenters. The van der Waals surface area contributed by atoms with E-state index in [1.807, 2.05) is 18.7 Å². The minimum Gasteiger partial charge on any atom is -0.367 e. The molecule has 20 heavy (non-hydrogen) atoms. The third kappa shape index (κ3) is 4.83. The lowest BCUT2D eigenvalue weighted by Gasteiger charge is -2.19. The maximum Gasteiger partial charge on any atom is 0.148 e. The van der Waals surface area contributed by atoms with E-state index in [-0.39, 0.29) is 5.92 Å². The molecule has 1 rings (SSSR count). The fourth-order valence-electron chi connectivity index (χ4n) is 1.78. The first-order valence-electron chi connectivity index (χ1n) is 7.19. The van der Waals surface area contributed by atoms with Gasteiger partial charge in [0, 0.05) is 17.5 Å². The molecule has 1 heterocycles. The van der Waals surface area contributed by atoms with E-state index in [4.69, 9.17) is 5.84 Å². The highest BCUT2D eigenvalue weighted by molar-refractivity contribution is 7.99. The third-order valence-electron chi connectivity index (χ3n) is 3.10. The lowest BCUT2D eigenvalue weighted by Crippen LogP contribution is -2.21. The molecule has 6 heteroatoms. The van der Waals surface area contributed by atoms with Gasteiger partial charge in [-0.1, -0.05) is 20.8 Å². The Balaban J connectivity index is 2.84. The molecule has 1 aromatic rings. The number of hydrazine groups is 1. The van der Waals surface area contributed by atoms with Crippen LogP contribution in [0.5, 0.6) is 0 Å². The summed E-state index contributed by atoms with van der Waals surface area (Å²) in [6.07, 6.45) is 1.12. The molecule has 0 saturated carbocycles. The Morgan fingerprint density at radius 3 is 2.40 bits per heavy atom. The van der Waals surface area contributed by atoms with Crippen LogP contribution in [-0.2, 0) is 0 Å². The molecule has 0 aromatic carbocycles. The standard InChI is InChI=1S/C14H27N5S/c1-6-20-8-7-10(4)16-13-11(5)14(19-15)18-12(17-13)9(2)3/h9-10H,6-8,15H2,1-5H3,(H2,16,17,18,19). The highest BCUT2D eigenvalue weighted by Gasteiger charge is 2.14. The zero-order chi connectivity index (χ0) is 15.1. The van der Waals surface area contributed by atoms with Gasteiger partial charge in [0.2, 0.25) is 0 Å². The minimum absolute atomic E-state index is 0.272. The molecule has 0 aliphatic rings. The van der Waals surface area contributed by atoms with Crippen LogP contribution in [0.2, 0.25) is 0 Å². The van der Waals surface area contributed by atoms with Crippen molar-refractivity contribution in [3.05, 3.63) is 11.4 Å². The largest absolute Gasteiger partial charge is 0.367 e. The molecular formula is C14H27N5S. The van der Waals surface area contributed by atoms with Crippen molar-refractivity contribution in [1.29, 1.82) is 0 Å². The highest BCUT2D eigenvalue weighted by Crippen LogP contribution is 2.23. The first-order chi connectivity index (χ1) is 9.49. The van der Waals surface area contributed by atoms with Crippen LogP contribution in [0, 0.1) is 6.92 Å². The number of aromatic nitrogens is 2. The predicted octanol–water partition coefficient (Wildman–Crippen LogP) is 3.14. The Kier molecular flexibility index (Phi) is 7.09. The molecule has 0 aliphatic heterocycles. The first kappa shape index (κ1) is 17.0. The van der Waals surface area contributed by atoms with Gasteiger partial charge in [-0.3, -0.25) is 0 Å². The summed E-state index contributed by atoms with van der Waals surface area (Å²) < 4.78 is 0. The molecule has 0 spiro atoms. The van der Waals surface area contributed by atoms with E-state index < -0.39 is 0 Å². The van der Waals surface area contributed by atoms with Gasteiger partial charge in [0.25, 0.3) is 0 Å². The summed E-state index contributed by atoms with van der Waals surface area (Å²) >= 11 is 1.96. The third-order valence-corrected chi connectivity index (χ3v) is 4.03. The Labute approximate surface area is 126 Å². The van der Waals surface area contributed by atoms with Crippen molar-refractivity contribution in [2.45, 2.75) is 53.0 Å². The van der Waals surface area contributed by atoms with Crippen molar-refractivity contribution in [3.63, 3.8) is 0 Å². The van der Waals surface area contributed by atoms with Crippen LogP contribution in [-0.4, -0.2) is 27.5 Å². The Morgan fingerprint density at radius 2 is 1.85 bits per heavy atom. The van der Waals surface area contributed by atoms with Crippen molar-refractivity contribution in [3.8, 4) is 0 Å². The number of hydrogen-bond donors (Lipinski definition) is 3. The van der Waals surface area contributed by atoms with E-state index in [9.17, 15) is 0 Å². The molecule has 0 amide bonds. The number of nitrogen functional groups attached to an aromatic ring is 1. The van der Waals surface area contributed by atoms with Gasteiger partial charge in [0.15, 0.2) is 0 Å². The van der Waals surface area contributed by atoms with Gasteiger partial charge in [-0.15, -0.1) is 0 Å². The monoisotopic (exact) mass is 297 g/mol. The average Bonchev–Trinajstić information content (AvgIpc) is 2.41. The molecule has 1 unspecified atom stereocenters. The first-order valence-corrected chi connectivity index (χ1v) is 8.34. The molecule has 4 N–H and O–H groups in total. The summed E-state index contributed by atoms with van der Waals surface area (Å²) in [5.74, 6) is 10.5. The summed E-state index contributed by atoms with van der Waals surface area (Å²) in [5, 5.41) is 3.48. The van der Waals surface area contributed by atoms with Crippen molar-refractivity contribution >= 4 is 23.4 Å². The summed E-state index contributed by atoms with van der Waals surface area (Å²) in [6, 6.07) is 0.383. The number of nitrogens with two attached hydrogens (primary N) is 1. The Bertz CT molecular complexity index is 422. The van der Waals surface area contributed by atoms with Gasteiger partial charge in [-0.05, 0) is 31.8 Å². The quantitative estimate of drug-likeness (QED) is 0.389. The molecule has 0 bridgehead atoms. The van der Waals surface area contributed by atoms with Crippen LogP contribution in [0.4, 0.5) is 11.6 Å². The van der Waals surface area contributed by atoms with Gasteiger partial charge in [-0.2, -0.15) is 11.8 Å². The summed E-state index contributed by atoms with van der Waals surface area (Å²) in [5.41, 5.74) is 3.63. The summed E-state index contributed by atoms with van der Waals surface area (Å²) in [4.78, 5) is 9.07. The fraction of sp³-hybridized carbons (Fsp3) is 0.714. The number of nitrogens with one attached hydrogen (secondary N) is 2. The maximum atomic E-state index is 5.55. The van der Waals surface area contributed by atoms with E-state index >= 15 is 0 Å².